The average Bonchev–Trinajstić information content (AvgIpc) is 2.62. The quantitative estimate of drug-likeness (QED) is 0.306. The Hall–Kier alpha value is -1.46. The Morgan fingerprint density at radius 2 is 1.73 bits per heavy atom. The summed E-state index contributed by atoms with van der Waals surface area (Å²) < 4.78 is 0. The molecule has 0 radical (unpaired) electrons. The molecule has 0 atom stereocenters. The SMILES string of the molecule is CC.CC(C)(C)c1ccc(CNC=S)cc1.CN=CN(C)CCCNC. The Bertz CT molecular complexity index is 464. The second-order valence-corrected chi connectivity index (χ2v) is 6.99. The molecule has 0 aliphatic carbocycles. The Kier molecular flexibility index (Phi) is 17.5. The van der Waals surface area contributed by atoms with Crippen LogP contribution in [0.3, 0.4) is 0 Å². The predicted octanol–water partition coefficient (Wildman–Crippen LogP) is 4.24. The van der Waals surface area contributed by atoms with Crippen molar-refractivity contribution in [3.8, 4) is 0 Å². The smallest absolute Gasteiger partial charge is 0.0843 e. The standard InChI is InChI=1S/C12H17NS.C7H17N3.C2H6/c1-12(2,3)11-6-4-10(5-7-11)8-13-9-14;1-8-5-4-6-10(3)7-9-2;1-2/h4-7,9H,8H2,1-3H3,(H,13,14);7-8H,4-6H2,1-3H3;1-2H3. The predicted molar refractivity (Wildman–Crippen MR) is 123 cm³/mol. The van der Waals surface area contributed by atoms with Crippen molar-refractivity contribution in [1.29, 1.82) is 0 Å². The largest absolute Gasteiger partial charge is 0.378 e. The summed E-state index contributed by atoms with van der Waals surface area (Å²) >= 11 is 4.70. The van der Waals surface area contributed by atoms with Crippen molar-refractivity contribution in [3.63, 3.8) is 0 Å². The van der Waals surface area contributed by atoms with Crippen molar-refractivity contribution >= 4 is 24.0 Å². The maximum Gasteiger partial charge on any atom is 0.0843 e. The molecule has 26 heavy (non-hydrogen) atoms. The van der Waals surface area contributed by atoms with Crippen LogP contribution in [-0.2, 0) is 12.0 Å². The van der Waals surface area contributed by atoms with Gasteiger partial charge in [-0.3, -0.25) is 4.99 Å². The lowest BCUT2D eigenvalue weighted by molar-refractivity contribution is 0.493. The Balaban J connectivity index is 0. The number of hydrogen-bond donors (Lipinski definition) is 2. The third-order valence-corrected chi connectivity index (χ3v) is 3.63. The Morgan fingerprint density at radius 3 is 2.15 bits per heavy atom. The van der Waals surface area contributed by atoms with Crippen molar-refractivity contribution in [1.82, 2.24) is 15.5 Å². The number of thiocarbonyl (C=S) groups is 1. The van der Waals surface area contributed by atoms with E-state index >= 15 is 0 Å². The number of benzene rings is 1. The molecule has 2 N–H and O–H groups in total. The van der Waals surface area contributed by atoms with Gasteiger partial charge in [0.1, 0.15) is 0 Å². The highest BCUT2D eigenvalue weighted by atomic mass is 32.1. The molecule has 150 valence electrons. The van der Waals surface area contributed by atoms with Crippen LogP contribution in [0.5, 0.6) is 0 Å². The van der Waals surface area contributed by atoms with Crippen LogP contribution < -0.4 is 10.6 Å². The van der Waals surface area contributed by atoms with Gasteiger partial charge in [-0.05, 0) is 36.6 Å². The fourth-order valence-electron chi connectivity index (χ4n) is 2.04. The van der Waals surface area contributed by atoms with Gasteiger partial charge >= 0.3 is 0 Å². The van der Waals surface area contributed by atoms with Crippen LogP contribution in [0.25, 0.3) is 0 Å². The molecule has 1 rings (SSSR count). The van der Waals surface area contributed by atoms with Gasteiger partial charge in [-0.1, -0.05) is 71.1 Å². The van der Waals surface area contributed by atoms with Gasteiger partial charge in [0.15, 0.2) is 0 Å². The normalized spacial score (nSPS) is 10.3. The molecule has 0 aliphatic heterocycles. The molecule has 0 aliphatic rings. The van der Waals surface area contributed by atoms with Gasteiger partial charge < -0.3 is 15.5 Å². The first kappa shape index (κ1) is 26.8. The lowest BCUT2D eigenvalue weighted by Crippen LogP contribution is -2.21. The zero-order chi connectivity index (χ0) is 20.4. The molecule has 0 unspecified atom stereocenters. The summed E-state index contributed by atoms with van der Waals surface area (Å²) in [6.07, 6.45) is 3.01. The highest BCUT2D eigenvalue weighted by molar-refractivity contribution is 7.78. The second-order valence-electron chi connectivity index (χ2n) is 6.76. The molecule has 0 fully saturated rings. The summed E-state index contributed by atoms with van der Waals surface area (Å²) in [6.45, 7) is 13.6. The van der Waals surface area contributed by atoms with E-state index in [4.69, 9.17) is 12.2 Å². The highest BCUT2D eigenvalue weighted by Gasteiger charge is 2.12. The van der Waals surface area contributed by atoms with Crippen LogP contribution in [0.2, 0.25) is 0 Å². The highest BCUT2D eigenvalue weighted by Crippen LogP contribution is 2.21. The maximum absolute atomic E-state index is 4.70. The van der Waals surface area contributed by atoms with Crippen LogP contribution in [0.4, 0.5) is 0 Å². The molecule has 0 amide bonds. The van der Waals surface area contributed by atoms with E-state index in [1.54, 1.807) is 12.5 Å². The van der Waals surface area contributed by atoms with Crippen molar-refractivity contribution in [3.05, 3.63) is 35.4 Å². The first-order chi connectivity index (χ1) is 12.3. The van der Waals surface area contributed by atoms with Gasteiger partial charge in [0, 0.05) is 27.2 Å². The second kappa shape index (κ2) is 17.0. The molecule has 4 nitrogen and oxygen atoms in total. The van der Waals surface area contributed by atoms with E-state index in [-0.39, 0.29) is 5.41 Å². The number of nitrogens with one attached hydrogen (secondary N) is 2. The van der Waals surface area contributed by atoms with E-state index in [1.807, 2.05) is 34.3 Å². The third kappa shape index (κ3) is 14.8. The minimum Gasteiger partial charge on any atom is -0.378 e. The molecule has 0 spiro atoms. The number of nitrogens with zero attached hydrogens (tertiary/aromatic N) is 2. The zero-order valence-corrected chi connectivity index (χ0v) is 18.9. The summed E-state index contributed by atoms with van der Waals surface area (Å²) in [7, 11) is 5.78. The van der Waals surface area contributed by atoms with Crippen molar-refractivity contribution in [2.45, 2.75) is 53.0 Å². The molecule has 0 saturated heterocycles. The van der Waals surface area contributed by atoms with E-state index in [1.165, 1.54) is 17.5 Å². The number of rotatable bonds is 8. The topological polar surface area (TPSA) is 39.7 Å². The minimum atomic E-state index is 0.232. The number of hydrogen-bond acceptors (Lipinski definition) is 3. The van der Waals surface area contributed by atoms with Crippen LogP contribution in [0, 0.1) is 0 Å². The van der Waals surface area contributed by atoms with Gasteiger partial charge in [0.05, 0.1) is 11.8 Å². The van der Waals surface area contributed by atoms with Crippen LogP contribution >= 0.6 is 12.2 Å². The third-order valence-electron chi connectivity index (χ3n) is 3.46. The first-order valence-electron chi connectivity index (χ1n) is 9.38. The molecule has 0 heterocycles. The van der Waals surface area contributed by atoms with Gasteiger partial charge in [-0.15, -0.1) is 0 Å². The van der Waals surface area contributed by atoms with Gasteiger partial charge in [0.25, 0.3) is 0 Å². The van der Waals surface area contributed by atoms with E-state index in [0.717, 1.165) is 19.6 Å². The van der Waals surface area contributed by atoms with Crippen molar-refractivity contribution in [2.75, 3.05) is 34.2 Å². The van der Waals surface area contributed by atoms with Gasteiger partial charge in [-0.2, -0.15) is 0 Å². The first-order valence-corrected chi connectivity index (χ1v) is 9.85. The summed E-state index contributed by atoms with van der Waals surface area (Å²) in [6, 6.07) is 8.65. The zero-order valence-electron chi connectivity index (χ0n) is 18.1. The maximum atomic E-state index is 4.70. The van der Waals surface area contributed by atoms with Crippen LogP contribution in [-0.4, -0.2) is 51.0 Å². The Labute approximate surface area is 167 Å². The fraction of sp³-hybridized carbons (Fsp3) is 0.619. The Morgan fingerprint density at radius 1 is 1.15 bits per heavy atom. The summed E-state index contributed by atoms with van der Waals surface area (Å²) in [5, 5.41) is 6.11. The number of aliphatic imine (C=N–C) groups is 1. The van der Waals surface area contributed by atoms with E-state index in [9.17, 15) is 0 Å². The molecule has 0 aromatic heterocycles. The molecule has 1 aromatic rings. The van der Waals surface area contributed by atoms with Crippen LogP contribution in [0.1, 0.15) is 52.2 Å². The lowest BCUT2D eigenvalue weighted by atomic mass is 9.87. The molecule has 0 saturated carbocycles. The van der Waals surface area contributed by atoms with E-state index in [0.29, 0.717) is 0 Å². The molecule has 0 bridgehead atoms. The van der Waals surface area contributed by atoms with E-state index < -0.39 is 0 Å². The van der Waals surface area contributed by atoms with Gasteiger partial charge in [-0.25, -0.2) is 0 Å². The van der Waals surface area contributed by atoms with E-state index in [2.05, 4.69) is 65.6 Å². The van der Waals surface area contributed by atoms with Crippen molar-refractivity contribution in [2.24, 2.45) is 4.99 Å². The van der Waals surface area contributed by atoms with Crippen molar-refractivity contribution < 1.29 is 0 Å². The molecular weight excluding hydrogens is 340 g/mol. The summed E-state index contributed by atoms with van der Waals surface area (Å²) in [4.78, 5) is 5.98. The van der Waals surface area contributed by atoms with Crippen LogP contribution in [0.15, 0.2) is 29.3 Å². The molecule has 1 aromatic carbocycles. The monoisotopic (exact) mass is 380 g/mol. The van der Waals surface area contributed by atoms with Gasteiger partial charge in [0.2, 0.25) is 0 Å². The fourth-order valence-corrected chi connectivity index (χ4v) is 2.13. The molecule has 5 heteroatoms. The molecular formula is C21H40N4S. The summed E-state index contributed by atoms with van der Waals surface area (Å²) in [5.41, 5.74) is 4.41. The summed E-state index contributed by atoms with van der Waals surface area (Å²) in [5.74, 6) is 0. The lowest BCUT2D eigenvalue weighted by Gasteiger charge is -2.19. The minimum absolute atomic E-state index is 0.232. The average molecular weight is 381 g/mol.